The molecule has 19 heavy (non-hydrogen) atoms. The van der Waals surface area contributed by atoms with Crippen molar-refractivity contribution in [1.29, 1.82) is 0 Å². The Morgan fingerprint density at radius 3 is 2.89 bits per heavy atom. The molecule has 1 aromatic rings. The zero-order valence-electron chi connectivity index (χ0n) is 10.2. The van der Waals surface area contributed by atoms with Crippen molar-refractivity contribution in [2.24, 2.45) is 11.7 Å². The molecule has 0 aliphatic carbocycles. The molecule has 1 aliphatic rings. The van der Waals surface area contributed by atoms with Crippen molar-refractivity contribution >= 4 is 33.6 Å². The van der Waals surface area contributed by atoms with E-state index in [9.17, 15) is 14.7 Å². The van der Waals surface area contributed by atoms with Crippen LogP contribution in [-0.4, -0.2) is 35.1 Å². The van der Waals surface area contributed by atoms with Gasteiger partial charge in [-0.3, -0.25) is 4.79 Å². The molecule has 1 saturated heterocycles. The number of anilines is 1. The molecule has 6 nitrogen and oxygen atoms in total. The summed E-state index contributed by atoms with van der Waals surface area (Å²) in [6.45, 7) is 1.10. The van der Waals surface area contributed by atoms with Crippen LogP contribution in [0.5, 0.6) is 0 Å². The van der Waals surface area contributed by atoms with Crippen LogP contribution in [0.15, 0.2) is 16.7 Å². The van der Waals surface area contributed by atoms with E-state index in [0.717, 1.165) is 12.8 Å². The Labute approximate surface area is 118 Å². The number of piperidine rings is 1. The average Bonchev–Trinajstić information content (AvgIpc) is 2.38. The normalized spacial score (nSPS) is 19.2. The number of nitrogens with two attached hydrogens (primary N) is 1. The van der Waals surface area contributed by atoms with Gasteiger partial charge >= 0.3 is 5.97 Å². The first-order chi connectivity index (χ1) is 8.99. The van der Waals surface area contributed by atoms with Crippen LogP contribution < -0.4 is 10.6 Å². The molecule has 2 rings (SSSR count). The van der Waals surface area contributed by atoms with Gasteiger partial charge in [0, 0.05) is 23.8 Å². The summed E-state index contributed by atoms with van der Waals surface area (Å²) in [6.07, 6.45) is 3.09. The maximum absolute atomic E-state index is 11.3. The molecule has 1 aliphatic heterocycles. The van der Waals surface area contributed by atoms with Crippen molar-refractivity contribution in [2.45, 2.75) is 12.8 Å². The van der Waals surface area contributed by atoms with Gasteiger partial charge in [-0.25, -0.2) is 9.78 Å². The summed E-state index contributed by atoms with van der Waals surface area (Å²) in [5.41, 5.74) is 5.44. The van der Waals surface area contributed by atoms with Crippen LogP contribution in [0, 0.1) is 5.92 Å². The number of carboxylic acids is 1. The van der Waals surface area contributed by atoms with E-state index in [-0.39, 0.29) is 17.4 Å². The minimum Gasteiger partial charge on any atom is -0.478 e. The van der Waals surface area contributed by atoms with E-state index in [2.05, 4.69) is 20.9 Å². The lowest BCUT2D eigenvalue weighted by molar-refractivity contribution is -0.122. The predicted molar refractivity (Wildman–Crippen MR) is 73.0 cm³/mol. The number of amides is 1. The number of pyridine rings is 1. The summed E-state index contributed by atoms with van der Waals surface area (Å²) in [5, 5.41) is 9.22. The lowest BCUT2D eigenvalue weighted by Crippen LogP contribution is -2.42. The summed E-state index contributed by atoms with van der Waals surface area (Å²) >= 11 is 3.21. The Morgan fingerprint density at radius 1 is 1.53 bits per heavy atom. The first kappa shape index (κ1) is 13.8. The highest BCUT2D eigenvalue weighted by Crippen LogP contribution is 2.26. The van der Waals surface area contributed by atoms with Crippen molar-refractivity contribution in [3.05, 3.63) is 22.3 Å². The molecule has 3 N–H and O–H groups in total. The fraction of sp³-hybridized carbons (Fsp3) is 0.417. The Bertz CT molecular complexity index is 521. The number of primary amides is 1. The monoisotopic (exact) mass is 327 g/mol. The van der Waals surface area contributed by atoms with Crippen molar-refractivity contribution < 1.29 is 14.7 Å². The van der Waals surface area contributed by atoms with Gasteiger partial charge in [-0.2, -0.15) is 0 Å². The van der Waals surface area contributed by atoms with E-state index in [0.29, 0.717) is 23.4 Å². The Kier molecular flexibility index (Phi) is 4.04. The van der Waals surface area contributed by atoms with E-state index in [4.69, 9.17) is 5.73 Å². The molecule has 0 spiro atoms. The number of carboxylic acid groups (broad SMARTS) is 1. The fourth-order valence-corrected chi connectivity index (χ4v) is 2.57. The van der Waals surface area contributed by atoms with E-state index < -0.39 is 5.97 Å². The first-order valence-electron chi connectivity index (χ1n) is 5.92. The number of hydrogen-bond donors (Lipinski definition) is 2. The zero-order chi connectivity index (χ0) is 14.0. The van der Waals surface area contributed by atoms with Gasteiger partial charge in [0.15, 0.2) is 0 Å². The number of halogens is 1. The second-order valence-electron chi connectivity index (χ2n) is 4.52. The van der Waals surface area contributed by atoms with E-state index in [1.807, 2.05) is 4.90 Å². The topological polar surface area (TPSA) is 96.5 Å². The van der Waals surface area contributed by atoms with Gasteiger partial charge in [-0.1, -0.05) is 0 Å². The fourth-order valence-electron chi connectivity index (χ4n) is 2.24. The van der Waals surface area contributed by atoms with Crippen molar-refractivity contribution in [1.82, 2.24) is 4.98 Å². The van der Waals surface area contributed by atoms with Crippen LogP contribution in [0.2, 0.25) is 0 Å². The highest BCUT2D eigenvalue weighted by Gasteiger charge is 2.27. The minimum atomic E-state index is -1.04. The molecule has 102 valence electrons. The van der Waals surface area contributed by atoms with Gasteiger partial charge in [0.2, 0.25) is 5.91 Å². The molecule has 0 bridgehead atoms. The van der Waals surface area contributed by atoms with Gasteiger partial charge < -0.3 is 15.7 Å². The highest BCUT2D eigenvalue weighted by atomic mass is 79.9. The largest absolute Gasteiger partial charge is 0.478 e. The Hall–Kier alpha value is -1.63. The van der Waals surface area contributed by atoms with Gasteiger partial charge in [0.1, 0.15) is 11.4 Å². The summed E-state index contributed by atoms with van der Waals surface area (Å²) in [7, 11) is 0. The molecule has 1 unspecified atom stereocenters. The minimum absolute atomic E-state index is 0.125. The van der Waals surface area contributed by atoms with Gasteiger partial charge in [0.05, 0.1) is 5.92 Å². The average molecular weight is 328 g/mol. The Balaban J connectivity index is 2.30. The number of aromatic nitrogens is 1. The van der Waals surface area contributed by atoms with Crippen LogP contribution in [0.25, 0.3) is 0 Å². The number of hydrogen-bond acceptors (Lipinski definition) is 4. The molecule has 1 amide bonds. The maximum Gasteiger partial charge on any atom is 0.339 e. The molecular formula is C12H14BrN3O3. The number of nitrogens with zero attached hydrogens (tertiary/aromatic N) is 2. The molecule has 0 saturated carbocycles. The van der Waals surface area contributed by atoms with E-state index in [1.165, 1.54) is 6.07 Å². The third-order valence-corrected chi connectivity index (χ3v) is 3.62. The van der Waals surface area contributed by atoms with Crippen molar-refractivity contribution in [3.63, 3.8) is 0 Å². The summed E-state index contributed by atoms with van der Waals surface area (Å²) in [6, 6.07) is 1.51. The number of carbonyl (C=O) groups excluding carboxylic acids is 1. The Morgan fingerprint density at radius 2 is 2.26 bits per heavy atom. The highest BCUT2D eigenvalue weighted by molar-refractivity contribution is 9.10. The summed E-state index contributed by atoms with van der Waals surface area (Å²) in [4.78, 5) is 28.5. The summed E-state index contributed by atoms with van der Waals surface area (Å²) in [5.74, 6) is -1.24. The smallest absolute Gasteiger partial charge is 0.339 e. The molecule has 0 aromatic carbocycles. The second-order valence-corrected chi connectivity index (χ2v) is 5.43. The van der Waals surface area contributed by atoms with Gasteiger partial charge in [0.25, 0.3) is 0 Å². The SMILES string of the molecule is NC(=O)C1CCCN(c2ncc(Br)cc2C(=O)O)C1. The first-order valence-corrected chi connectivity index (χ1v) is 6.71. The molecule has 7 heteroatoms. The quantitative estimate of drug-likeness (QED) is 0.870. The standard InChI is InChI=1S/C12H14BrN3O3/c13-8-4-9(12(18)19)11(15-5-8)16-3-1-2-7(6-16)10(14)17/h4-5,7H,1-3,6H2,(H2,14,17)(H,18,19). The number of rotatable bonds is 3. The third-order valence-electron chi connectivity index (χ3n) is 3.19. The molecule has 2 heterocycles. The third kappa shape index (κ3) is 3.04. The molecule has 1 aromatic heterocycles. The van der Waals surface area contributed by atoms with Crippen molar-refractivity contribution in [2.75, 3.05) is 18.0 Å². The molecule has 0 radical (unpaired) electrons. The molecular weight excluding hydrogens is 314 g/mol. The zero-order valence-corrected chi connectivity index (χ0v) is 11.8. The van der Waals surface area contributed by atoms with Crippen molar-refractivity contribution in [3.8, 4) is 0 Å². The van der Waals surface area contributed by atoms with Crippen LogP contribution in [0.1, 0.15) is 23.2 Å². The van der Waals surface area contributed by atoms with Crippen LogP contribution in [0.3, 0.4) is 0 Å². The lowest BCUT2D eigenvalue weighted by atomic mass is 9.97. The van der Waals surface area contributed by atoms with Gasteiger partial charge in [-0.15, -0.1) is 0 Å². The van der Waals surface area contributed by atoms with E-state index >= 15 is 0 Å². The van der Waals surface area contributed by atoms with E-state index in [1.54, 1.807) is 6.20 Å². The maximum atomic E-state index is 11.3. The van der Waals surface area contributed by atoms with Crippen LogP contribution in [0.4, 0.5) is 5.82 Å². The molecule has 1 atom stereocenters. The number of carbonyl (C=O) groups is 2. The van der Waals surface area contributed by atoms with Crippen LogP contribution >= 0.6 is 15.9 Å². The van der Waals surface area contributed by atoms with Gasteiger partial charge in [-0.05, 0) is 34.8 Å². The summed E-state index contributed by atoms with van der Waals surface area (Å²) < 4.78 is 0.608. The lowest BCUT2D eigenvalue weighted by Gasteiger charge is -2.32. The molecule has 1 fully saturated rings. The van der Waals surface area contributed by atoms with Crippen LogP contribution in [-0.2, 0) is 4.79 Å². The predicted octanol–water partition coefficient (Wildman–Crippen LogP) is 1.24. The number of aromatic carboxylic acids is 1. The second kappa shape index (κ2) is 5.56.